The molecule has 10 heteroatoms. The minimum atomic E-state index is -0.740. The molecule has 8 nitrogen and oxygen atoms in total. The molecule has 40 heavy (non-hydrogen) atoms. The molecule has 0 radical (unpaired) electrons. The van der Waals surface area contributed by atoms with Crippen LogP contribution in [0.1, 0.15) is 30.5 Å². The quantitative estimate of drug-likeness (QED) is 0.452. The lowest BCUT2D eigenvalue weighted by atomic mass is 10.0. The number of ether oxygens (including phenoxy) is 1. The second-order valence-corrected chi connectivity index (χ2v) is 10.9. The fraction of sp³-hybridized carbons (Fsp3) is 0.467. The van der Waals surface area contributed by atoms with E-state index in [0.717, 1.165) is 48.9 Å². The maximum absolute atomic E-state index is 15.8. The molecule has 0 unspecified atom stereocenters. The number of H-pyrrole nitrogens is 1. The number of aromatic nitrogens is 2. The highest BCUT2D eigenvalue weighted by atomic mass is 19.1. The van der Waals surface area contributed by atoms with Gasteiger partial charge in [-0.2, -0.15) is 0 Å². The molecule has 2 fully saturated rings. The van der Waals surface area contributed by atoms with Crippen LogP contribution >= 0.6 is 0 Å². The van der Waals surface area contributed by atoms with Gasteiger partial charge in [0, 0.05) is 74.4 Å². The van der Waals surface area contributed by atoms with Gasteiger partial charge < -0.3 is 24.8 Å². The van der Waals surface area contributed by atoms with Crippen molar-refractivity contribution in [2.75, 3.05) is 61.6 Å². The third-order valence-corrected chi connectivity index (χ3v) is 8.18. The number of hydrogen-bond donors (Lipinski definition) is 2. The fourth-order valence-electron chi connectivity index (χ4n) is 5.63. The molecular formula is C30H38F2N6O2. The van der Waals surface area contributed by atoms with Gasteiger partial charge in [0.05, 0.1) is 24.6 Å². The maximum Gasteiger partial charge on any atom is 0.248 e. The zero-order valence-electron chi connectivity index (χ0n) is 23.6. The molecule has 1 aromatic carbocycles. The van der Waals surface area contributed by atoms with Crippen LogP contribution in [-0.2, 0) is 18.0 Å². The Labute approximate surface area is 234 Å². The Morgan fingerprint density at radius 3 is 2.48 bits per heavy atom. The summed E-state index contributed by atoms with van der Waals surface area (Å²) in [4.78, 5) is 25.8. The lowest BCUT2D eigenvalue weighted by Gasteiger charge is -2.44. The number of aryl methyl sites for hydroxylation is 1. The van der Waals surface area contributed by atoms with Crippen LogP contribution < -0.4 is 20.7 Å². The van der Waals surface area contributed by atoms with Crippen molar-refractivity contribution >= 4 is 17.2 Å². The first-order valence-corrected chi connectivity index (χ1v) is 13.9. The normalized spacial score (nSPS) is 20.1. The minimum absolute atomic E-state index is 0.278. The summed E-state index contributed by atoms with van der Waals surface area (Å²) in [7, 11) is 2.11. The number of halogens is 2. The van der Waals surface area contributed by atoms with Crippen molar-refractivity contribution < 1.29 is 13.5 Å². The van der Waals surface area contributed by atoms with Crippen LogP contribution in [0.2, 0.25) is 0 Å². The van der Waals surface area contributed by atoms with Crippen LogP contribution in [0, 0.1) is 12.7 Å². The Morgan fingerprint density at radius 1 is 1.07 bits per heavy atom. The number of pyridine rings is 2. The van der Waals surface area contributed by atoms with E-state index in [4.69, 9.17) is 9.72 Å². The predicted octanol–water partition coefficient (Wildman–Crippen LogP) is 4.33. The number of likely N-dealkylation sites (N-methyl/N-ethyl adjacent to an activating group) is 1. The summed E-state index contributed by atoms with van der Waals surface area (Å²) in [5.74, 6) is 0.563. The molecule has 4 heterocycles. The van der Waals surface area contributed by atoms with Crippen LogP contribution in [0.3, 0.4) is 0 Å². The van der Waals surface area contributed by atoms with Gasteiger partial charge in [0.2, 0.25) is 5.56 Å². The van der Waals surface area contributed by atoms with Crippen LogP contribution in [-0.4, -0.2) is 73.4 Å². The first kappa shape index (κ1) is 28.0. The number of anilines is 3. The number of morpholine rings is 1. The second-order valence-electron chi connectivity index (χ2n) is 10.9. The van der Waals surface area contributed by atoms with Crippen LogP contribution in [0.5, 0.6) is 0 Å². The van der Waals surface area contributed by atoms with Crippen molar-refractivity contribution in [2.24, 2.45) is 0 Å². The first-order valence-electron chi connectivity index (χ1n) is 13.9. The number of rotatable bonds is 7. The zero-order chi connectivity index (χ0) is 28.4. The highest BCUT2D eigenvalue weighted by Gasteiger charge is 2.29. The smallest absolute Gasteiger partial charge is 0.248 e. The standard InChI is InChI=1S/C30H38F2N6O2/c1-19-9-23(14-35-30(19)37-5-7-40-8-6-37)25-11-27(33-15-24-16-34-29(39)10-22(24)13-31)28(12-26(25)32)38-17-20(2)36(4)21(3)18-38/h9-12,14,16,20-21,33H,5-8,13,15,17-18H2,1-4H3,(H,34,39)/t20-,21+. The molecule has 2 aliphatic rings. The number of nitrogens with one attached hydrogen (secondary N) is 2. The molecule has 2 atom stereocenters. The summed E-state index contributed by atoms with van der Waals surface area (Å²) < 4.78 is 35.0. The van der Waals surface area contributed by atoms with Gasteiger partial charge in [0.15, 0.2) is 0 Å². The van der Waals surface area contributed by atoms with Gasteiger partial charge in [-0.3, -0.25) is 9.69 Å². The fourth-order valence-corrected chi connectivity index (χ4v) is 5.63. The Balaban J connectivity index is 1.51. The number of nitrogens with zero attached hydrogens (tertiary/aromatic N) is 4. The molecule has 0 saturated carbocycles. The van der Waals surface area contributed by atoms with E-state index < -0.39 is 6.67 Å². The zero-order valence-corrected chi connectivity index (χ0v) is 23.6. The molecule has 0 aliphatic carbocycles. The largest absolute Gasteiger partial charge is 0.379 e. The molecule has 5 rings (SSSR count). The third-order valence-electron chi connectivity index (χ3n) is 8.18. The van der Waals surface area contributed by atoms with Gasteiger partial charge in [-0.15, -0.1) is 0 Å². The number of aromatic amines is 1. The van der Waals surface area contributed by atoms with Crippen molar-refractivity contribution in [3.63, 3.8) is 0 Å². The monoisotopic (exact) mass is 552 g/mol. The van der Waals surface area contributed by atoms with E-state index in [9.17, 15) is 9.18 Å². The molecule has 2 aliphatic heterocycles. The molecule has 3 aromatic rings. The SMILES string of the molecule is Cc1cc(-c2cc(NCc3c[nH]c(=O)cc3CF)c(N3C[C@@H](C)N(C)[C@@H](C)C3)cc2F)cnc1N1CCOCC1. The molecule has 0 spiro atoms. The Hall–Kier alpha value is -3.50. The van der Waals surface area contributed by atoms with E-state index in [1.165, 1.54) is 12.3 Å². The molecule has 2 saturated heterocycles. The number of benzene rings is 1. The topological polar surface area (TPSA) is 76.7 Å². The van der Waals surface area contributed by atoms with Crippen LogP contribution in [0.15, 0.2) is 41.5 Å². The van der Waals surface area contributed by atoms with Crippen molar-refractivity contribution in [2.45, 2.75) is 46.1 Å². The number of piperazine rings is 1. The Morgan fingerprint density at radius 2 is 1.80 bits per heavy atom. The third kappa shape index (κ3) is 5.83. The average Bonchev–Trinajstić information content (AvgIpc) is 2.95. The van der Waals surface area contributed by atoms with E-state index in [2.05, 4.69) is 45.9 Å². The van der Waals surface area contributed by atoms with Crippen molar-refractivity contribution in [1.82, 2.24) is 14.9 Å². The Bertz CT molecular complexity index is 1400. The summed E-state index contributed by atoms with van der Waals surface area (Å²) in [6, 6.07) is 7.25. The lowest BCUT2D eigenvalue weighted by molar-refractivity contribution is 0.122. The van der Waals surface area contributed by atoms with Gasteiger partial charge >= 0.3 is 0 Å². The number of alkyl halides is 1. The van der Waals surface area contributed by atoms with Gasteiger partial charge in [0.1, 0.15) is 18.3 Å². The average molecular weight is 553 g/mol. The van der Waals surface area contributed by atoms with E-state index in [1.54, 1.807) is 12.3 Å². The van der Waals surface area contributed by atoms with E-state index >= 15 is 4.39 Å². The number of hydrogen-bond acceptors (Lipinski definition) is 7. The molecule has 2 N–H and O–H groups in total. The van der Waals surface area contributed by atoms with E-state index in [-0.39, 0.29) is 30.0 Å². The highest BCUT2D eigenvalue weighted by Crippen LogP contribution is 2.37. The van der Waals surface area contributed by atoms with Crippen LogP contribution in [0.25, 0.3) is 11.1 Å². The molecule has 214 valence electrons. The van der Waals surface area contributed by atoms with Gasteiger partial charge in [0.25, 0.3) is 0 Å². The van der Waals surface area contributed by atoms with E-state index in [1.807, 2.05) is 19.1 Å². The van der Waals surface area contributed by atoms with Crippen LogP contribution in [0.4, 0.5) is 26.0 Å². The first-order chi connectivity index (χ1) is 19.2. The van der Waals surface area contributed by atoms with Crippen molar-refractivity contribution in [1.29, 1.82) is 0 Å². The van der Waals surface area contributed by atoms with Gasteiger partial charge in [-0.25, -0.2) is 13.8 Å². The minimum Gasteiger partial charge on any atom is -0.379 e. The molecule has 0 amide bonds. The van der Waals surface area contributed by atoms with E-state index in [0.29, 0.717) is 35.5 Å². The van der Waals surface area contributed by atoms with Crippen molar-refractivity contribution in [3.05, 3.63) is 69.5 Å². The summed E-state index contributed by atoms with van der Waals surface area (Å²) in [6.07, 6.45) is 3.26. The second kappa shape index (κ2) is 11.9. The summed E-state index contributed by atoms with van der Waals surface area (Å²) in [6.45, 7) is 10.2. The molecule has 0 bridgehead atoms. The predicted molar refractivity (Wildman–Crippen MR) is 156 cm³/mol. The summed E-state index contributed by atoms with van der Waals surface area (Å²) in [5.41, 5.74) is 4.24. The van der Waals surface area contributed by atoms with Crippen molar-refractivity contribution in [3.8, 4) is 11.1 Å². The van der Waals surface area contributed by atoms with Gasteiger partial charge in [-0.05, 0) is 62.7 Å². The highest BCUT2D eigenvalue weighted by molar-refractivity contribution is 5.79. The maximum atomic E-state index is 15.8. The lowest BCUT2D eigenvalue weighted by Crippen LogP contribution is -2.55. The summed E-state index contributed by atoms with van der Waals surface area (Å²) >= 11 is 0. The molecular weight excluding hydrogens is 514 g/mol. The molecule has 2 aromatic heterocycles. The summed E-state index contributed by atoms with van der Waals surface area (Å²) in [5, 5.41) is 3.42. The Kier molecular flexibility index (Phi) is 8.37. The van der Waals surface area contributed by atoms with Gasteiger partial charge in [-0.1, -0.05) is 0 Å².